The SMILES string of the molecule is NC(COC1COC1)c1ccccc1C(F)(F)F. The third-order valence-corrected chi connectivity index (χ3v) is 2.78. The number of hydrogen-bond donors (Lipinski definition) is 1. The Balaban J connectivity index is 2.06. The van der Waals surface area contributed by atoms with Crippen LogP contribution < -0.4 is 5.73 Å². The average Bonchev–Trinajstić information content (AvgIpc) is 2.25. The molecule has 1 aromatic carbocycles. The van der Waals surface area contributed by atoms with E-state index < -0.39 is 17.8 Å². The van der Waals surface area contributed by atoms with Gasteiger partial charge < -0.3 is 15.2 Å². The Morgan fingerprint density at radius 3 is 2.56 bits per heavy atom. The maximum atomic E-state index is 12.8. The Kier molecular flexibility index (Phi) is 3.89. The molecule has 1 aromatic rings. The molecule has 1 atom stereocenters. The van der Waals surface area contributed by atoms with Gasteiger partial charge in [-0.25, -0.2) is 0 Å². The largest absolute Gasteiger partial charge is 0.416 e. The third kappa shape index (κ3) is 3.01. The number of rotatable bonds is 4. The van der Waals surface area contributed by atoms with Crippen molar-refractivity contribution in [2.24, 2.45) is 5.73 Å². The molecule has 2 rings (SSSR count). The smallest absolute Gasteiger partial charge is 0.376 e. The summed E-state index contributed by atoms with van der Waals surface area (Å²) in [7, 11) is 0. The van der Waals surface area contributed by atoms with Crippen molar-refractivity contribution in [1.29, 1.82) is 0 Å². The van der Waals surface area contributed by atoms with E-state index in [2.05, 4.69) is 0 Å². The molecule has 1 aliphatic rings. The molecule has 1 heterocycles. The molecule has 0 radical (unpaired) electrons. The summed E-state index contributed by atoms with van der Waals surface area (Å²) in [5, 5.41) is 0. The fraction of sp³-hybridized carbons (Fsp3) is 0.500. The maximum absolute atomic E-state index is 12.8. The number of halogens is 3. The van der Waals surface area contributed by atoms with Crippen LogP contribution in [-0.2, 0) is 15.7 Å². The van der Waals surface area contributed by atoms with Crippen LogP contribution in [0.3, 0.4) is 0 Å². The zero-order valence-corrected chi connectivity index (χ0v) is 9.61. The fourth-order valence-electron chi connectivity index (χ4n) is 1.72. The summed E-state index contributed by atoms with van der Waals surface area (Å²) in [5.74, 6) is 0. The van der Waals surface area contributed by atoms with E-state index in [9.17, 15) is 13.2 Å². The van der Waals surface area contributed by atoms with Crippen molar-refractivity contribution >= 4 is 0 Å². The van der Waals surface area contributed by atoms with Crippen LogP contribution in [0.15, 0.2) is 24.3 Å². The summed E-state index contributed by atoms with van der Waals surface area (Å²) in [6, 6.07) is 4.51. The Labute approximate surface area is 103 Å². The molecular weight excluding hydrogens is 247 g/mol. The average molecular weight is 261 g/mol. The lowest BCUT2D eigenvalue weighted by molar-refractivity contribution is -0.140. The third-order valence-electron chi connectivity index (χ3n) is 2.78. The van der Waals surface area contributed by atoms with Crippen molar-refractivity contribution in [2.45, 2.75) is 18.3 Å². The van der Waals surface area contributed by atoms with Crippen LogP contribution in [0, 0.1) is 0 Å². The van der Waals surface area contributed by atoms with E-state index in [-0.39, 0.29) is 18.3 Å². The lowest BCUT2D eigenvalue weighted by Crippen LogP contribution is -2.38. The lowest BCUT2D eigenvalue weighted by atomic mass is 10.0. The van der Waals surface area contributed by atoms with Crippen LogP contribution >= 0.6 is 0 Å². The molecule has 1 fully saturated rings. The van der Waals surface area contributed by atoms with Gasteiger partial charge in [0.15, 0.2) is 0 Å². The van der Waals surface area contributed by atoms with Crippen molar-refractivity contribution in [3.05, 3.63) is 35.4 Å². The molecule has 0 aromatic heterocycles. The van der Waals surface area contributed by atoms with E-state index in [4.69, 9.17) is 15.2 Å². The van der Waals surface area contributed by atoms with Gasteiger partial charge >= 0.3 is 6.18 Å². The van der Waals surface area contributed by atoms with Gasteiger partial charge in [-0.15, -0.1) is 0 Å². The molecule has 1 unspecified atom stereocenters. The highest BCUT2D eigenvalue weighted by Crippen LogP contribution is 2.34. The van der Waals surface area contributed by atoms with Gasteiger partial charge in [0.25, 0.3) is 0 Å². The first-order valence-corrected chi connectivity index (χ1v) is 5.59. The molecule has 100 valence electrons. The molecule has 0 saturated carbocycles. The Bertz CT molecular complexity index is 405. The second kappa shape index (κ2) is 5.26. The summed E-state index contributed by atoms with van der Waals surface area (Å²) in [5.41, 5.74) is 5.11. The number of ether oxygens (including phenoxy) is 2. The first kappa shape index (κ1) is 13.3. The first-order valence-electron chi connectivity index (χ1n) is 5.59. The quantitative estimate of drug-likeness (QED) is 0.903. The van der Waals surface area contributed by atoms with Crippen molar-refractivity contribution < 1.29 is 22.6 Å². The van der Waals surface area contributed by atoms with Crippen LogP contribution in [-0.4, -0.2) is 25.9 Å². The molecule has 3 nitrogen and oxygen atoms in total. The first-order chi connectivity index (χ1) is 8.48. The monoisotopic (exact) mass is 261 g/mol. The standard InChI is InChI=1S/C12H14F3NO2/c13-12(14,15)10-4-2-1-3-9(10)11(16)7-18-8-5-17-6-8/h1-4,8,11H,5-7,16H2. The van der Waals surface area contributed by atoms with E-state index in [0.29, 0.717) is 13.2 Å². The highest BCUT2D eigenvalue weighted by molar-refractivity contribution is 5.32. The summed E-state index contributed by atoms with van der Waals surface area (Å²) in [6.45, 7) is 1.02. The van der Waals surface area contributed by atoms with Crippen molar-refractivity contribution in [3.8, 4) is 0 Å². The molecule has 1 aliphatic heterocycles. The minimum absolute atomic E-state index is 0.0471. The number of benzene rings is 1. The Morgan fingerprint density at radius 2 is 2.00 bits per heavy atom. The summed E-state index contributed by atoms with van der Waals surface area (Å²) >= 11 is 0. The van der Waals surface area contributed by atoms with E-state index in [1.165, 1.54) is 18.2 Å². The van der Waals surface area contributed by atoms with Gasteiger partial charge in [0.1, 0.15) is 6.10 Å². The lowest BCUT2D eigenvalue weighted by Gasteiger charge is -2.28. The van der Waals surface area contributed by atoms with Crippen LogP contribution in [0.4, 0.5) is 13.2 Å². The van der Waals surface area contributed by atoms with Crippen molar-refractivity contribution in [2.75, 3.05) is 19.8 Å². The second-order valence-corrected chi connectivity index (χ2v) is 4.18. The van der Waals surface area contributed by atoms with E-state index in [1.807, 2.05) is 0 Å². The predicted molar refractivity (Wildman–Crippen MR) is 58.9 cm³/mol. The molecule has 2 N–H and O–H groups in total. The minimum Gasteiger partial charge on any atom is -0.376 e. The number of alkyl halides is 3. The summed E-state index contributed by atoms with van der Waals surface area (Å²) in [6.07, 6.45) is -4.44. The molecule has 6 heteroatoms. The van der Waals surface area contributed by atoms with Gasteiger partial charge in [0.2, 0.25) is 0 Å². The molecule has 0 aliphatic carbocycles. The number of hydrogen-bond acceptors (Lipinski definition) is 3. The zero-order valence-electron chi connectivity index (χ0n) is 9.61. The van der Waals surface area contributed by atoms with E-state index >= 15 is 0 Å². The van der Waals surface area contributed by atoms with Gasteiger partial charge in [0.05, 0.1) is 31.4 Å². The molecule has 0 spiro atoms. The second-order valence-electron chi connectivity index (χ2n) is 4.18. The molecule has 0 bridgehead atoms. The fourth-order valence-corrected chi connectivity index (χ4v) is 1.72. The molecule has 1 saturated heterocycles. The molecular formula is C12H14F3NO2. The van der Waals surface area contributed by atoms with Crippen molar-refractivity contribution in [1.82, 2.24) is 0 Å². The van der Waals surface area contributed by atoms with Gasteiger partial charge in [0, 0.05) is 0 Å². The van der Waals surface area contributed by atoms with Crippen molar-refractivity contribution in [3.63, 3.8) is 0 Å². The zero-order chi connectivity index (χ0) is 13.2. The van der Waals surface area contributed by atoms with Crippen LogP contribution in [0.2, 0.25) is 0 Å². The summed E-state index contributed by atoms with van der Waals surface area (Å²) < 4.78 is 48.6. The van der Waals surface area contributed by atoms with E-state index in [0.717, 1.165) is 6.07 Å². The number of nitrogens with two attached hydrogens (primary N) is 1. The van der Waals surface area contributed by atoms with Gasteiger partial charge in [-0.1, -0.05) is 18.2 Å². The maximum Gasteiger partial charge on any atom is 0.416 e. The highest BCUT2D eigenvalue weighted by atomic mass is 19.4. The van der Waals surface area contributed by atoms with Crippen LogP contribution in [0.1, 0.15) is 17.2 Å². The summed E-state index contributed by atoms with van der Waals surface area (Å²) in [4.78, 5) is 0. The van der Waals surface area contributed by atoms with Gasteiger partial charge in [-0.05, 0) is 11.6 Å². The van der Waals surface area contributed by atoms with Gasteiger partial charge in [-0.2, -0.15) is 13.2 Å². The highest BCUT2D eigenvalue weighted by Gasteiger charge is 2.34. The van der Waals surface area contributed by atoms with Crippen LogP contribution in [0.25, 0.3) is 0 Å². The van der Waals surface area contributed by atoms with Gasteiger partial charge in [-0.3, -0.25) is 0 Å². The molecule has 0 amide bonds. The topological polar surface area (TPSA) is 44.5 Å². The minimum atomic E-state index is -4.40. The van der Waals surface area contributed by atoms with Crippen LogP contribution in [0.5, 0.6) is 0 Å². The Hall–Kier alpha value is -1.11. The normalized spacial score (nSPS) is 18.4. The molecule has 18 heavy (non-hydrogen) atoms. The predicted octanol–water partition coefficient (Wildman–Crippen LogP) is 2.12. The van der Waals surface area contributed by atoms with E-state index in [1.54, 1.807) is 0 Å². The Morgan fingerprint density at radius 1 is 1.33 bits per heavy atom.